The van der Waals surface area contributed by atoms with E-state index in [1.54, 1.807) is 18.2 Å². The van der Waals surface area contributed by atoms with Gasteiger partial charge < -0.3 is 14.6 Å². The molecule has 2 aromatic carbocycles. The molecule has 26 heavy (non-hydrogen) atoms. The smallest absolute Gasteiger partial charge is 0.231 e. The summed E-state index contributed by atoms with van der Waals surface area (Å²) in [5.41, 5.74) is 1.37. The third-order valence-corrected chi connectivity index (χ3v) is 5.23. The lowest BCUT2D eigenvalue weighted by Crippen LogP contribution is -2.45. The average molecular weight is 379 g/mol. The molecule has 2 aliphatic rings. The number of benzene rings is 2. The van der Waals surface area contributed by atoms with E-state index < -0.39 is 0 Å². The largest absolute Gasteiger partial charge is 0.507 e. The molecular formula is C19H20ClFN2O3. The van der Waals surface area contributed by atoms with Gasteiger partial charge in [-0.15, -0.1) is 0 Å². The van der Waals surface area contributed by atoms with Gasteiger partial charge in [-0.1, -0.05) is 17.7 Å². The zero-order valence-electron chi connectivity index (χ0n) is 14.3. The molecule has 2 heterocycles. The second-order valence-electron chi connectivity index (χ2n) is 6.59. The van der Waals surface area contributed by atoms with Crippen molar-refractivity contribution in [3.8, 4) is 17.2 Å². The van der Waals surface area contributed by atoms with Gasteiger partial charge in [0.1, 0.15) is 11.6 Å². The molecule has 138 valence electrons. The van der Waals surface area contributed by atoms with Gasteiger partial charge in [-0.05, 0) is 18.2 Å². The Morgan fingerprint density at radius 2 is 1.65 bits per heavy atom. The molecule has 2 aromatic rings. The maximum absolute atomic E-state index is 14.0. The number of phenolic OH excluding ortho intramolecular Hbond substituents is 1. The van der Waals surface area contributed by atoms with Crippen LogP contribution < -0.4 is 9.47 Å². The predicted octanol–water partition coefficient (Wildman–Crippen LogP) is 3.23. The molecule has 0 radical (unpaired) electrons. The number of fused-ring (bicyclic) bond motifs is 1. The lowest BCUT2D eigenvalue weighted by Gasteiger charge is -2.35. The summed E-state index contributed by atoms with van der Waals surface area (Å²) in [4.78, 5) is 4.46. The highest BCUT2D eigenvalue weighted by Crippen LogP contribution is 2.38. The van der Waals surface area contributed by atoms with Gasteiger partial charge >= 0.3 is 0 Å². The van der Waals surface area contributed by atoms with Crippen molar-refractivity contribution in [2.75, 3.05) is 33.0 Å². The minimum absolute atomic E-state index is 0.190. The lowest BCUT2D eigenvalue weighted by atomic mass is 10.1. The van der Waals surface area contributed by atoms with Crippen molar-refractivity contribution in [1.29, 1.82) is 0 Å². The molecule has 0 bridgehead atoms. The number of hydrogen-bond donors (Lipinski definition) is 1. The summed E-state index contributed by atoms with van der Waals surface area (Å²) >= 11 is 6.12. The van der Waals surface area contributed by atoms with Crippen LogP contribution in [-0.2, 0) is 13.1 Å². The molecule has 5 nitrogen and oxygen atoms in total. The Morgan fingerprint density at radius 3 is 2.35 bits per heavy atom. The minimum atomic E-state index is -0.259. The van der Waals surface area contributed by atoms with Crippen molar-refractivity contribution in [3.63, 3.8) is 0 Å². The fourth-order valence-corrected chi connectivity index (χ4v) is 3.58. The van der Waals surface area contributed by atoms with Gasteiger partial charge in [0.15, 0.2) is 11.5 Å². The van der Waals surface area contributed by atoms with Crippen LogP contribution in [0.2, 0.25) is 5.02 Å². The summed E-state index contributed by atoms with van der Waals surface area (Å²) in [6, 6.07) is 8.23. The molecule has 0 unspecified atom stereocenters. The van der Waals surface area contributed by atoms with Gasteiger partial charge in [0.25, 0.3) is 0 Å². The lowest BCUT2D eigenvalue weighted by molar-refractivity contribution is 0.120. The van der Waals surface area contributed by atoms with Crippen LogP contribution >= 0.6 is 11.6 Å². The summed E-state index contributed by atoms with van der Waals surface area (Å²) in [5, 5.41) is 10.7. The zero-order chi connectivity index (χ0) is 18.1. The zero-order valence-corrected chi connectivity index (χ0v) is 15.0. The Bertz CT molecular complexity index is 789. The van der Waals surface area contributed by atoms with E-state index in [1.165, 1.54) is 6.07 Å². The molecule has 0 amide bonds. The van der Waals surface area contributed by atoms with Crippen molar-refractivity contribution in [2.45, 2.75) is 13.1 Å². The quantitative estimate of drug-likeness (QED) is 0.885. The Balaban J connectivity index is 1.36. The van der Waals surface area contributed by atoms with E-state index in [9.17, 15) is 9.50 Å². The van der Waals surface area contributed by atoms with Gasteiger partial charge in [-0.3, -0.25) is 9.80 Å². The molecular weight excluding hydrogens is 359 g/mol. The maximum Gasteiger partial charge on any atom is 0.231 e. The van der Waals surface area contributed by atoms with E-state index in [0.717, 1.165) is 31.7 Å². The van der Waals surface area contributed by atoms with Crippen LogP contribution in [0.25, 0.3) is 0 Å². The normalized spacial score (nSPS) is 17.6. The van der Waals surface area contributed by atoms with Crippen LogP contribution in [0.1, 0.15) is 11.1 Å². The molecule has 0 saturated carbocycles. The predicted molar refractivity (Wildman–Crippen MR) is 96.2 cm³/mol. The number of phenols is 1. The summed E-state index contributed by atoms with van der Waals surface area (Å²) in [6.07, 6.45) is 0. The highest BCUT2D eigenvalue weighted by Gasteiger charge is 2.22. The average Bonchev–Trinajstić information content (AvgIpc) is 3.07. The first-order valence-corrected chi connectivity index (χ1v) is 8.97. The first-order chi connectivity index (χ1) is 12.6. The monoisotopic (exact) mass is 378 g/mol. The van der Waals surface area contributed by atoms with E-state index >= 15 is 0 Å². The highest BCUT2D eigenvalue weighted by atomic mass is 35.5. The van der Waals surface area contributed by atoms with E-state index in [2.05, 4.69) is 9.80 Å². The summed E-state index contributed by atoms with van der Waals surface area (Å²) in [6.45, 7) is 4.63. The first kappa shape index (κ1) is 17.4. The molecule has 0 spiro atoms. The van der Waals surface area contributed by atoms with Crippen LogP contribution in [0, 0.1) is 5.82 Å². The highest BCUT2D eigenvalue weighted by molar-refractivity contribution is 6.31. The first-order valence-electron chi connectivity index (χ1n) is 8.59. The van der Waals surface area contributed by atoms with Crippen molar-refractivity contribution in [3.05, 3.63) is 52.3 Å². The Kier molecular flexibility index (Phi) is 4.89. The van der Waals surface area contributed by atoms with Crippen LogP contribution in [0.15, 0.2) is 30.3 Å². The van der Waals surface area contributed by atoms with Gasteiger partial charge in [0.2, 0.25) is 6.79 Å². The minimum Gasteiger partial charge on any atom is -0.507 e. The van der Waals surface area contributed by atoms with E-state index in [-0.39, 0.29) is 18.4 Å². The maximum atomic E-state index is 14.0. The van der Waals surface area contributed by atoms with Crippen LogP contribution in [0.4, 0.5) is 4.39 Å². The number of aromatic hydroxyl groups is 1. The number of piperazine rings is 1. The summed E-state index contributed by atoms with van der Waals surface area (Å²) in [7, 11) is 0. The standard InChI is InChI=1S/C19H20ClFN2O3/c20-15-2-1-3-16(21)14(15)11-23-6-4-22(5-7-23)10-13-8-18-19(9-17(13)24)26-12-25-18/h1-3,8-9,24H,4-7,10-12H2. The molecule has 0 aromatic heterocycles. The van der Waals surface area contributed by atoms with Gasteiger partial charge in [-0.2, -0.15) is 0 Å². The SMILES string of the molecule is Oc1cc2c(cc1CN1CCN(Cc3c(F)cccc3Cl)CC1)OCO2. The van der Waals surface area contributed by atoms with Crippen molar-refractivity contribution >= 4 is 11.6 Å². The number of ether oxygens (including phenoxy) is 2. The van der Waals surface area contributed by atoms with Gasteiger partial charge in [0.05, 0.1) is 0 Å². The second kappa shape index (κ2) is 7.31. The fraction of sp³-hybridized carbons (Fsp3) is 0.368. The molecule has 1 fully saturated rings. The molecule has 4 rings (SSSR count). The second-order valence-corrected chi connectivity index (χ2v) is 6.99. The van der Waals surface area contributed by atoms with E-state index in [1.807, 2.05) is 6.07 Å². The van der Waals surface area contributed by atoms with Gasteiger partial charge in [0, 0.05) is 61.5 Å². The Hall–Kier alpha value is -2.02. The molecule has 1 saturated heterocycles. The topological polar surface area (TPSA) is 45.2 Å². The van der Waals surface area contributed by atoms with E-state index in [4.69, 9.17) is 21.1 Å². The number of rotatable bonds is 4. The molecule has 7 heteroatoms. The third kappa shape index (κ3) is 3.58. The van der Waals surface area contributed by atoms with Crippen LogP contribution in [0.5, 0.6) is 17.2 Å². The number of hydrogen-bond acceptors (Lipinski definition) is 5. The Morgan fingerprint density at radius 1 is 1.00 bits per heavy atom. The molecule has 0 aliphatic carbocycles. The summed E-state index contributed by atoms with van der Waals surface area (Å²) < 4.78 is 24.6. The van der Waals surface area contributed by atoms with Crippen LogP contribution in [-0.4, -0.2) is 47.9 Å². The molecule has 0 atom stereocenters. The Labute approximate surface area is 156 Å². The summed E-state index contributed by atoms with van der Waals surface area (Å²) in [5.74, 6) is 1.21. The van der Waals surface area contributed by atoms with Crippen LogP contribution in [0.3, 0.4) is 0 Å². The number of halogens is 2. The third-order valence-electron chi connectivity index (χ3n) is 4.88. The molecule has 1 N–H and O–H groups in total. The molecule has 2 aliphatic heterocycles. The van der Waals surface area contributed by atoms with Gasteiger partial charge in [-0.25, -0.2) is 4.39 Å². The van der Waals surface area contributed by atoms with Crippen molar-refractivity contribution < 1.29 is 19.0 Å². The number of nitrogens with zero attached hydrogens (tertiary/aromatic N) is 2. The fourth-order valence-electron chi connectivity index (χ4n) is 3.35. The van der Waals surface area contributed by atoms with Crippen molar-refractivity contribution in [2.24, 2.45) is 0 Å². The van der Waals surface area contributed by atoms with Crippen molar-refractivity contribution in [1.82, 2.24) is 9.80 Å². The van der Waals surface area contributed by atoms with E-state index in [0.29, 0.717) is 35.2 Å².